The third kappa shape index (κ3) is 3.37. The van der Waals surface area contributed by atoms with E-state index in [0.29, 0.717) is 6.42 Å². The number of nitrogens with one attached hydrogen (secondary N) is 1. The fourth-order valence-electron chi connectivity index (χ4n) is 3.18. The molecule has 3 N–H and O–H groups in total. The van der Waals surface area contributed by atoms with Crippen LogP contribution < -0.4 is 11.3 Å². The van der Waals surface area contributed by atoms with Gasteiger partial charge in [-0.2, -0.15) is 0 Å². The monoisotopic (exact) mass is 297 g/mol. The van der Waals surface area contributed by atoms with Crippen LogP contribution in [0.15, 0.2) is 18.3 Å². The first-order chi connectivity index (χ1) is 9.43. The Hall–Kier alpha value is -0.980. The standard InChI is InChI=1S/C14H23N3O2S/c1-10-13(7-4-8-16-10)14(17-15)11-5-3-6-12(9-11)20(2,18)19/h4,7-8,11-12,14,17H,3,5-6,9,15H2,1-2H3. The van der Waals surface area contributed by atoms with E-state index < -0.39 is 9.84 Å². The summed E-state index contributed by atoms with van der Waals surface area (Å²) in [5.41, 5.74) is 4.87. The lowest BCUT2D eigenvalue weighted by atomic mass is 9.81. The fourth-order valence-corrected chi connectivity index (χ4v) is 4.37. The van der Waals surface area contributed by atoms with Crippen LogP contribution in [0.1, 0.15) is 43.0 Å². The Morgan fingerprint density at radius 1 is 1.45 bits per heavy atom. The van der Waals surface area contributed by atoms with E-state index in [1.54, 1.807) is 6.20 Å². The smallest absolute Gasteiger partial charge is 0.150 e. The molecule has 6 heteroatoms. The molecule has 1 fully saturated rings. The van der Waals surface area contributed by atoms with Crippen molar-refractivity contribution in [1.82, 2.24) is 10.4 Å². The number of hydrogen-bond donors (Lipinski definition) is 2. The molecule has 20 heavy (non-hydrogen) atoms. The van der Waals surface area contributed by atoms with Gasteiger partial charge < -0.3 is 0 Å². The van der Waals surface area contributed by atoms with Gasteiger partial charge in [0, 0.05) is 18.1 Å². The van der Waals surface area contributed by atoms with Crippen LogP contribution in [0.5, 0.6) is 0 Å². The number of sulfone groups is 1. The SMILES string of the molecule is Cc1ncccc1C(NN)C1CCCC(S(C)(=O)=O)C1. The number of hydrazine groups is 1. The molecule has 1 aromatic rings. The molecule has 1 saturated carbocycles. The molecule has 3 unspecified atom stereocenters. The number of pyridine rings is 1. The first-order valence-electron chi connectivity index (χ1n) is 7.00. The summed E-state index contributed by atoms with van der Waals surface area (Å²) in [6.45, 7) is 1.95. The van der Waals surface area contributed by atoms with Crippen molar-refractivity contribution in [2.24, 2.45) is 11.8 Å². The Labute approximate surface area is 120 Å². The van der Waals surface area contributed by atoms with Gasteiger partial charge >= 0.3 is 0 Å². The number of hydrogen-bond acceptors (Lipinski definition) is 5. The molecule has 5 nitrogen and oxygen atoms in total. The van der Waals surface area contributed by atoms with Gasteiger partial charge in [-0.25, -0.2) is 8.42 Å². The van der Waals surface area contributed by atoms with Gasteiger partial charge in [0.05, 0.1) is 11.3 Å². The second-order valence-corrected chi connectivity index (χ2v) is 8.03. The summed E-state index contributed by atoms with van der Waals surface area (Å²) in [4.78, 5) is 4.30. The molecule has 0 amide bonds. The van der Waals surface area contributed by atoms with Crippen molar-refractivity contribution in [3.8, 4) is 0 Å². The lowest BCUT2D eigenvalue weighted by Gasteiger charge is -2.34. The predicted octanol–water partition coefficient (Wildman–Crippen LogP) is 1.50. The molecule has 0 aliphatic heterocycles. The Bertz CT molecular complexity index is 559. The highest BCUT2D eigenvalue weighted by molar-refractivity contribution is 7.91. The average Bonchev–Trinajstić information content (AvgIpc) is 2.41. The quantitative estimate of drug-likeness (QED) is 0.650. The van der Waals surface area contributed by atoms with E-state index in [-0.39, 0.29) is 17.2 Å². The van der Waals surface area contributed by atoms with E-state index in [2.05, 4.69) is 10.4 Å². The van der Waals surface area contributed by atoms with Gasteiger partial charge in [-0.1, -0.05) is 12.5 Å². The number of nitrogens with zero attached hydrogens (tertiary/aromatic N) is 1. The molecule has 112 valence electrons. The molecule has 2 rings (SSSR count). The molecular weight excluding hydrogens is 274 g/mol. The average molecular weight is 297 g/mol. The van der Waals surface area contributed by atoms with E-state index in [1.807, 2.05) is 19.1 Å². The van der Waals surface area contributed by atoms with Crippen molar-refractivity contribution >= 4 is 9.84 Å². The number of nitrogens with two attached hydrogens (primary N) is 1. The number of rotatable bonds is 4. The van der Waals surface area contributed by atoms with Crippen molar-refractivity contribution in [2.45, 2.75) is 43.9 Å². The maximum atomic E-state index is 11.8. The van der Waals surface area contributed by atoms with Gasteiger partial charge in [0.15, 0.2) is 0 Å². The van der Waals surface area contributed by atoms with Crippen LogP contribution in [0.25, 0.3) is 0 Å². The highest BCUT2D eigenvalue weighted by atomic mass is 32.2. The van der Waals surface area contributed by atoms with Crippen LogP contribution in [0.3, 0.4) is 0 Å². The Kier molecular flexibility index (Phi) is 4.78. The first kappa shape index (κ1) is 15.4. The topological polar surface area (TPSA) is 85.1 Å². The van der Waals surface area contributed by atoms with Crippen molar-refractivity contribution < 1.29 is 8.42 Å². The molecule has 0 radical (unpaired) electrons. The molecule has 1 aliphatic carbocycles. The summed E-state index contributed by atoms with van der Waals surface area (Å²) in [5.74, 6) is 5.96. The molecule has 3 atom stereocenters. The summed E-state index contributed by atoms with van der Waals surface area (Å²) in [6.07, 6.45) is 6.45. The van der Waals surface area contributed by atoms with Crippen LogP contribution in [-0.2, 0) is 9.84 Å². The van der Waals surface area contributed by atoms with Crippen LogP contribution in [0.2, 0.25) is 0 Å². The van der Waals surface area contributed by atoms with Crippen molar-refractivity contribution in [3.05, 3.63) is 29.6 Å². The highest BCUT2D eigenvalue weighted by Crippen LogP contribution is 2.37. The van der Waals surface area contributed by atoms with Gasteiger partial charge in [-0.15, -0.1) is 0 Å². The van der Waals surface area contributed by atoms with E-state index in [4.69, 9.17) is 5.84 Å². The van der Waals surface area contributed by atoms with Crippen LogP contribution >= 0.6 is 0 Å². The maximum Gasteiger partial charge on any atom is 0.150 e. The van der Waals surface area contributed by atoms with Crippen molar-refractivity contribution in [2.75, 3.05) is 6.26 Å². The molecule has 1 heterocycles. The zero-order chi connectivity index (χ0) is 14.8. The summed E-state index contributed by atoms with van der Waals surface area (Å²) in [6, 6.07) is 3.87. The fraction of sp³-hybridized carbons (Fsp3) is 0.643. The summed E-state index contributed by atoms with van der Waals surface area (Å²) in [7, 11) is -2.98. The predicted molar refractivity (Wildman–Crippen MR) is 79.6 cm³/mol. The second kappa shape index (κ2) is 6.20. The molecule has 1 aromatic heterocycles. The molecule has 0 bridgehead atoms. The minimum atomic E-state index is -2.98. The highest BCUT2D eigenvalue weighted by Gasteiger charge is 2.33. The summed E-state index contributed by atoms with van der Waals surface area (Å²) >= 11 is 0. The Morgan fingerprint density at radius 2 is 2.20 bits per heavy atom. The Balaban J connectivity index is 2.22. The lowest BCUT2D eigenvalue weighted by Crippen LogP contribution is -2.38. The zero-order valence-electron chi connectivity index (χ0n) is 12.0. The molecule has 0 saturated heterocycles. The maximum absolute atomic E-state index is 11.8. The Morgan fingerprint density at radius 3 is 2.80 bits per heavy atom. The molecule has 0 spiro atoms. The number of aryl methyl sites for hydroxylation is 1. The normalized spacial score (nSPS) is 25.4. The van der Waals surface area contributed by atoms with Crippen LogP contribution in [0, 0.1) is 12.8 Å². The van der Waals surface area contributed by atoms with Gasteiger partial charge in [-0.3, -0.25) is 16.3 Å². The van der Waals surface area contributed by atoms with E-state index in [9.17, 15) is 8.42 Å². The number of aromatic nitrogens is 1. The lowest BCUT2D eigenvalue weighted by molar-refractivity contribution is 0.273. The van der Waals surface area contributed by atoms with Crippen molar-refractivity contribution in [3.63, 3.8) is 0 Å². The third-order valence-corrected chi connectivity index (χ3v) is 5.95. The van der Waals surface area contributed by atoms with Crippen LogP contribution in [0.4, 0.5) is 0 Å². The van der Waals surface area contributed by atoms with E-state index in [0.717, 1.165) is 30.5 Å². The summed E-state index contributed by atoms with van der Waals surface area (Å²) < 4.78 is 23.6. The second-order valence-electron chi connectivity index (χ2n) is 5.70. The summed E-state index contributed by atoms with van der Waals surface area (Å²) in [5, 5.41) is -0.242. The van der Waals surface area contributed by atoms with Gasteiger partial charge in [0.2, 0.25) is 0 Å². The van der Waals surface area contributed by atoms with Gasteiger partial charge in [0.1, 0.15) is 9.84 Å². The molecular formula is C14H23N3O2S. The molecule has 0 aromatic carbocycles. The van der Waals surface area contributed by atoms with Gasteiger partial charge in [0.25, 0.3) is 0 Å². The first-order valence-corrected chi connectivity index (χ1v) is 8.95. The van der Waals surface area contributed by atoms with E-state index in [1.165, 1.54) is 6.26 Å². The minimum absolute atomic E-state index is 0.0340. The van der Waals surface area contributed by atoms with E-state index >= 15 is 0 Å². The minimum Gasteiger partial charge on any atom is -0.271 e. The van der Waals surface area contributed by atoms with Crippen LogP contribution in [-0.4, -0.2) is 24.9 Å². The molecule has 1 aliphatic rings. The third-order valence-electron chi connectivity index (χ3n) is 4.31. The zero-order valence-corrected chi connectivity index (χ0v) is 12.9. The van der Waals surface area contributed by atoms with Gasteiger partial charge in [-0.05, 0) is 43.7 Å². The van der Waals surface area contributed by atoms with Crippen molar-refractivity contribution in [1.29, 1.82) is 0 Å². The largest absolute Gasteiger partial charge is 0.271 e.